The fourth-order valence-corrected chi connectivity index (χ4v) is 2.67. The van der Waals surface area contributed by atoms with Gasteiger partial charge in [0.15, 0.2) is 5.96 Å². The molecule has 0 aliphatic carbocycles. The van der Waals surface area contributed by atoms with Crippen LogP contribution in [0.1, 0.15) is 5.56 Å². The maximum absolute atomic E-state index is 6.09. The standard InChI is InChI=1S/C15H23N5O2.HI/c16-15(20-6-10-22-11-7-20)18-12-13-2-1-3-17-14(13)19-4-8-21-9-5-19;/h1-3H,4-12H2,(H2,16,18);1H. The van der Waals surface area contributed by atoms with E-state index in [1.54, 1.807) is 0 Å². The van der Waals surface area contributed by atoms with Crippen molar-refractivity contribution in [2.24, 2.45) is 10.7 Å². The number of anilines is 1. The number of nitrogens with two attached hydrogens (primary N) is 1. The molecule has 0 amide bonds. The van der Waals surface area contributed by atoms with Crippen LogP contribution in [0.3, 0.4) is 0 Å². The van der Waals surface area contributed by atoms with E-state index in [0.29, 0.717) is 25.7 Å². The van der Waals surface area contributed by atoms with Crippen LogP contribution in [0.2, 0.25) is 0 Å². The Morgan fingerprint density at radius 3 is 2.48 bits per heavy atom. The molecule has 2 N–H and O–H groups in total. The van der Waals surface area contributed by atoms with Crippen molar-refractivity contribution in [3.63, 3.8) is 0 Å². The van der Waals surface area contributed by atoms with Gasteiger partial charge in [-0.25, -0.2) is 9.98 Å². The Morgan fingerprint density at radius 1 is 1.13 bits per heavy atom. The second-order valence-electron chi connectivity index (χ2n) is 5.36. The lowest BCUT2D eigenvalue weighted by Crippen LogP contribution is -2.44. The summed E-state index contributed by atoms with van der Waals surface area (Å²) in [5, 5.41) is 0. The number of hydrogen-bond acceptors (Lipinski definition) is 5. The van der Waals surface area contributed by atoms with E-state index in [1.165, 1.54) is 0 Å². The molecule has 7 nitrogen and oxygen atoms in total. The monoisotopic (exact) mass is 433 g/mol. The van der Waals surface area contributed by atoms with Crippen molar-refractivity contribution in [1.82, 2.24) is 9.88 Å². The molecular weight excluding hydrogens is 409 g/mol. The number of halogens is 1. The molecule has 3 heterocycles. The van der Waals surface area contributed by atoms with Gasteiger partial charge in [0.25, 0.3) is 0 Å². The van der Waals surface area contributed by atoms with E-state index in [4.69, 9.17) is 15.2 Å². The maximum Gasteiger partial charge on any atom is 0.191 e. The van der Waals surface area contributed by atoms with E-state index in [1.807, 2.05) is 12.3 Å². The van der Waals surface area contributed by atoms with Crippen LogP contribution in [0.5, 0.6) is 0 Å². The van der Waals surface area contributed by atoms with E-state index in [2.05, 4.69) is 25.8 Å². The first-order valence-corrected chi connectivity index (χ1v) is 7.74. The van der Waals surface area contributed by atoms with E-state index in [0.717, 1.165) is 50.8 Å². The summed E-state index contributed by atoms with van der Waals surface area (Å²) in [6.07, 6.45) is 1.82. The zero-order chi connectivity index (χ0) is 15.2. The van der Waals surface area contributed by atoms with E-state index in [-0.39, 0.29) is 24.0 Å². The summed E-state index contributed by atoms with van der Waals surface area (Å²) in [7, 11) is 0. The topological polar surface area (TPSA) is 76.2 Å². The quantitative estimate of drug-likeness (QED) is 0.430. The van der Waals surface area contributed by atoms with Gasteiger partial charge in [0.2, 0.25) is 0 Å². The minimum absolute atomic E-state index is 0. The van der Waals surface area contributed by atoms with Gasteiger partial charge in [0, 0.05) is 37.9 Å². The maximum atomic E-state index is 6.09. The minimum Gasteiger partial charge on any atom is -0.378 e. The van der Waals surface area contributed by atoms with Gasteiger partial charge >= 0.3 is 0 Å². The minimum atomic E-state index is 0. The number of nitrogens with zero attached hydrogens (tertiary/aromatic N) is 4. The normalized spacial score (nSPS) is 19.4. The summed E-state index contributed by atoms with van der Waals surface area (Å²) in [4.78, 5) is 13.4. The van der Waals surface area contributed by atoms with Gasteiger partial charge in [-0.15, -0.1) is 24.0 Å². The molecule has 2 saturated heterocycles. The van der Waals surface area contributed by atoms with Crippen LogP contribution in [-0.4, -0.2) is 68.4 Å². The van der Waals surface area contributed by atoms with Crippen LogP contribution in [0.25, 0.3) is 0 Å². The number of ether oxygens (including phenoxy) is 2. The van der Waals surface area contributed by atoms with Gasteiger partial charge in [0.1, 0.15) is 5.82 Å². The Kier molecular flexibility index (Phi) is 7.31. The zero-order valence-corrected chi connectivity index (χ0v) is 15.5. The average molecular weight is 433 g/mol. The third-order valence-electron chi connectivity index (χ3n) is 3.92. The number of guanidine groups is 1. The fraction of sp³-hybridized carbons (Fsp3) is 0.600. The predicted molar refractivity (Wildman–Crippen MR) is 100 cm³/mol. The number of rotatable bonds is 3. The lowest BCUT2D eigenvalue weighted by Gasteiger charge is -2.29. The Hall–Kier alpha value is -1.13. The summed E-state index contributed by atoms with van der Waals surface area (Å²) >= 11 is 0. The van der Waals surface area contributed by atoms with Crippen LogP contribution in [-0.2, 0) is 16.0 Å². The van der Waals surface area contributed by atoms with Crippen LogP contribution >= 0.6 is 24.0 Å². The van der Waals surface area contributed by atoms with Crippen molar-refractivity contribution >= 4 is 35.8 Å². The number of pyridine rings is 1. The second-order valence-corrected chi connectivity index (χ2v) is 5.36. The fourth-order valence-electron chi connectivity index (χ4n) is 2.67. The first kappa shape index (κ1) is 18.2. The van der Waals surface area contributed by atoms with Crippen molar-refractivity contribution < 1.29 is 9.47 Å². The van der Waals surface area contributed by atoms with Crippen molar-refractivity contribution in [3.8, 4) is 0 Å². The van der Waals surface area contributed by atoms with Crippen molar-refractivity contribution in [1.29, 1.82) is 0 Å². The molecule has 3 rings (SSSR count). The Labute approximate surface area is 153 Å². The highest BCUT2D eigenvalue weighted by Crippen LogP contribution is 2.19. The van der Waals surface area contributed by atoms with Crippen molar-refractivity contribution in [3.05, 3.63) is 23.9 Å². The average Bonchev–Trinajstić information content (AvgIpc) is 2.61. The molecule has 0 saturated carbocycles. The van der Waals surface area contributed by atoms with Crippen LogP contribution in [0.4, 0.5) is 5.82 Å². The summed E-state index contributed by atoms with van der Waals surface area (Å²) in [5.41, 5.74) is 7.19. The molecule has 0 aromatic carbocycles. The lowest BCUT2D eigenvalue weighted by molar-refractivity contribution is 0.0674. The first-order chi connectivity index (χ1) is 10.8. The lowest BCUT2D eigenvalue weighted by atomic mass is 10.2. The molecule has 1 aromatic heterocycles. The highest BCUT2D eigenvalue weighted by Gasteiger charge is 2.16. The Morgan fingerprint density at radius 2 is 1.78 bits per heavy atom. The van der Waals surface area contributed by atoms with Crippen molar-refractivity contribution in [2.45, 2.75) is 6.54 Å². The third kappa shape index (κ3) is 4.92. The van der Waals surface area contributed by atoms with Crippen molar-refractivity contribution in [2.75, 3.05) is 57.5 Å². The summed E-state index contributed by atoms with van der Waals surface area (Å²) < 4.78 is 10.7. The van der Waals surface area contributed by atoms with Gasteiger partial charge in [-0.05, 0) is 6.07 Å². The van der Waals surface area contributed by atoms with E-state index < -0.39 is 0 Å². The number of aliphatic imine (C=N–C) groups is 1. The van der Waals surface area contributed by atoms with Crippen LogP contribution < -0.4 is 10.6 Å². The highest BCUT2D eigenvalue weighted by molar-refractivity contribution is 14.0. The third-order valence-corrected chi connectivity index (χ3v) is 3.92. The van der Waals surface area contributed by atoms with Gasteiger partial charge < -0.3 is 25.0 Å². The Balaban J connectivity index is 0.00000192. The molecule has 2 fully saturated rings. The molecule has 2 aliphatic heterocycles. The zero-order valence-electron chi connectivity index (χ0n) is 13.2. The molecule has 0 radical (unpaired) electrons. The Bertz CT molecular complexity index is 516. The van der Waals surface area contributed by atoms with E-state index >= 15 is 0 Å². The van der Waals surface area contributed by atoms with Gasteiger partial charge in [0.05, 0.1) is 33.0 Å². The largest absolute Gasteiger partial charge is 0.378 e. The molecule has 0 atom stereocenters. The number of morpholine rings is 2. The second kappa shape index (κ2) is 9.24. The molecule has 0 unspecified atom stereocenters. The molecule has 2 aliphatic rings. The van der Waals surface area contributed by atoms with Gasteiger partial charge in [-0.3, -0.25) is 0 Å². The summed E-state index contributed by atoms with van der Waals surface area (Å²) in [6, 6.07) is 4.01. The van der Waals surface area contributed by atoms with Crippen LogP contribution in [0, 0.1) is 0 Å². The molecular formula is C15H24IN5O2. The first-order valence-electron chi connectivity index (χ1n) is 7.74. The molecule has 23 heavy (non-hydrogen) atoms. The molecule has 1 aromatic rings. The van der Waals surface area contributed by atoms with Gasteiger partial charge in [-0.2, -0.15) is 0 Å². The number of hydrogen-bond donors (Lipinski definition) is 1. The SMILES string of the molecule is I.NC(=NCc1cccnc1N1CCOCC1)N1CCOCC1. The molecule has 0 bridgehead atoms. The van der Waals surface area contributed by atoms with E-state index in [9.17, 15) is 0 Å². The molecule has 8 heteroatoms. The summed E-state index contributed by atoms with van der Waals surface area (Å²) in [6.45, 7) is 6.80. The molecule has 0 spiro atoms. The summed E-state index contributed by atoms with van der Waals surface area (Å²) in [5.74, 6) is 1.57. The molecule has 128 valence electrons. The smallest absolute Gasteiger partial charge is 0.191 e. The predicted octanol–water partition coefficient (Wildman–Crippen LogP) is 0.683. The van der Waals surface area contributed by atoms with Crippen LogP contribution in [0.15, 0.2) is 23.3 Å². The number of aromatic nitrogens is 1. The van der Waals surface area contributed by atoms with Gasteiger partial charge in [-0.1, -0.05) is 6.07 Å². The highest BCUT2D eigenvalue weighted by atomic mass is 127.